The van der Waals surface area contributed by atoms with Crippen molar-refractivity contribution in [1.82, 2.24) is 9.38 Å². The maximum absolute atomic E-state index is 10.6. The SMILES string of the molecule is Cc1cc(Br)c2ncc(C=O)n2c1. The maximum atomic E-state index is 10.6. The van der Waals surface area contributed by atoms with Crippen LogP contribution in [0.4, 0.5) is 0 Å². The van der Waals surface area contributed by atoms with Crippen LogP contribution in [-0.2, 0) is 0 Å². The molecule has 13 heavy (non-hydrogen) atoms. The summed E-state index contributed by atoms with van der Waals surface area (Å²) in [6.07, 6.45) is 4.25. The lowest BCUT2D eigenvalue weighted by molar-refractivity contribution is 0.111. The van der Waals surface area contributed by atoms with E-state index >= 15 is 0 Å². The van der Waals surface area contributed by atoms with Gasteiger partial charge in [-0.25, -0.2) is 4.98 Å². The Morgan fingerprint density at radius 2 is 2.38 bits per heavy atom. The summed E-state index contributed by atoms with van der Waals surface area (Å²) < 4.78 is 2.67. The van der Waals surface area contributed by atoms with Gasteiger partial charge in [-0.3, -0.25) is 9.20 Å². The molecular formula is C9H7BrN2O. The van der Waals surface area contributed by atoms with Crippen molar-refractivity contribution in [2.75, 3.05) is 0 Å². The zero-order chi connectivity index (χ0) is 9.42. The summed E-state index contributed by atoms with van der Waals surface area (Å²) in [4.78, 5) is 14.7. The second-order valence-electron chi connectivity index (χ2n) is 2.86. The molecule has 2 rings (SSSR count). The Morgan fingerprint density at radius 3 is 3.08 bits per heavy atom. The molecule has 0 aliphatic carbocycles. The molecular weight excluding hydrogens is 232 g/mol. The minimum absolute atomic E-state index is 0.569. The van der Waals surface area contributed by atoms with Crippen LogP contribution < -0.4 is 0 Å². The molecule has 4 heteroatoms. The van der Waals surface area contributed by atoms with Gasteiger partial charge in [0.25, 0.3) is 0 Å². The minimum Gasteiger partial charge on any atom is -0.296 e. The van der Waals surface area contributed by atoms with Crippen molar-refractivity contribution in [3.63, 3.8) is 0 Å². The molecule has 0 saturated heterocycles. The zero-order valence-electron chi connectivity index (χ0n) is 6.99. The summed E-state index contributed by atoms with van der Waals surface area (Å²) in [5.74, 6) is 0. The molecule has 2 aromatic heterocycles. The quantitative estimate of drug-likeness (QED) is 0.715. The van der Waals surface area contributed by atoms with Crippen LogP contribution in [0.15, 0.2) is 22.9 Å². The van der Waals surface area contributed by atoms with Gasteiger partial charge in [-0.15, -0.1) is 0 Å². The summed E-state index contributed by atoms with van der Waals surface area (Å²) in [6, 6.07) is 1.97. The number of aryl methyl sites for hydroxylation is 1. The molecule has 0 N–H and O–H groups in total. The highest BCUT2D eigenvalue weighted by Crippen LogP contribution is 2.19. The molecule has 0 bridgehead atoms. The highest BCUT2D eigenvalue weighted by molar-refractivity contribution is 9.10. The van der Waals surface area contributed by atoms with Gasteiger partial charge in [-0.05, 0) is 34.5 Å². The fraction of sp³-hybridized carbons (Fsp3) is 0.111. The number of fused-ring (bicyclic) bond motifs is 1. The molecule has 0 atom stereocenters. The first-order valence-corrected chi connectivity index (χ1v) is 4.60. The summed E-state index contributed by atoms with van der Waals surface area (Å²) >= 11 is 3.39. The first-order chi connectivity index (χ1) is 6.22. The molecule has 0 unspecified atom stereocenters. The fourth-order valence-electron chi connectivity index (χ4n) is 1.28. The predicted octanol–water partition coefficient (Wildman–Crippen LogP) is 2.22. The second-order valence-corrected chi connectivity index (χ2v) is 3.71. The van der Waals surface area contributed by atoms with Gasteiger partial charge in [0.2, 0.25) is 0 Å². The highest BCUT2D eigenvalue weighted by Gasteiger charge is 2.05. The van der Waals surface area contributed by atoms with Gasteiger partial charge in [-0.1, -0.05) is 0 Å². The van der Waals surface area contributed by atoms with E-state index < -0.39 is 0 Å². The van der Waals surface area contributed by atoms with Crippen LogP contribution in [0.25, 0.3) is 5.65 Å². The standard InChI is InChI=1S/C9H7BrN2O/c1-6-2-8(10)9-11-3-7(5-13)12(9)4-6/h2-5H,1H3. The van der Waals surface area contributed by atoms with Crippen LogP contribution in [0.1, 0.15) is 16.1 Å². The number of hydrogen-bond donors (Lipinski definition) is 0. The molecule has 2 aromatic rings. The molecule has 0 amide bonds. The van der Waals surface area contributed by atoms with Crippen molar-refractivity contribution in [2.45, 2.75) is 6.92 Å². The van der Waals surface area contributed by atoms with Crippen molar-refractivity contribution in [2.24, 2.45) is 0 Å². The van der Waals surface area contributed by atoms with Crippen molar-refractivity contribution in [1.29, 1.82) is 0 Å². The first kappa shape index (κ1) is 8.44. The van der Waals surface area contributed by atoms with Gasteiger partial charge in [-0.2, -0.15) is 0 Å². The average Bonchev–Trinajstić information content (AvgIpc) is 2.47. The highest BCUT2D eigenvalue weighted by atomic mass is 79.9. The Balaban J connectivity index is 2.89. The molecule has 0 aliphatic heterocycles. The van der Waals surface area contributed by atoms with E-state index in [2.05, 4.69) is 20.9 Å². The van der Waals surface area contributed by atoms with Crippen LogP contribution in [0.2, 0.25) is 0 Å². The molecule has 66 valence electrons. The number of aromatic nitrogens is 2. The third-order valence-corrected chi connectivity index (χ3v) is 2.43. The van der Waals surface area contributed by atoms with Crippen LogP contribution in [0.5, 0.6) is 0 Å². The van der Waals surface area contributed by atoms with E-state index in [-0.39, 0.29) is 0 Å². The number of nitrogens with zero attached hydrogens (tertiary/aromatic N) is 2. The van der Waals surface area contributed by atoms with E-state index in [1.165, 1.54) is 0 Å². The van der Waals surface area contributed by atoms with Crippen molar-refractivity contribution in [3.05, 3.63) is 34.2 Å². The van der Waals surface area contributed by atoms with Gasteiger partial charge < -0.3 is 0 Å². The Kier molecular flexibility index (Phi) is 1.92. The molecule has 0 aromatic carbocycles. The maximum Gasteiger partial charge on any atom is 0.168 e. The van der Waals surface area contributed by atoms with Crippen molar-refractivity contribution in [3.8, 4) is 0 Å². The van der Waals surface area contributed by atoms with Gasteiger partial charge in [0, 0.05) is 6.20 Å². The van der Waals surface area contributed by atoms with Gasteiger partial charge in [0.1, 0.15) is 5.69 Å². The molecule has 0 aliphatic rings. The lowest BCUT2D eigenvalue weighted by Gasteiger charge is -1.99. The number of rotatable bonds is 1. The largest absolute Gasteiger partial charge is 0.296 e. The van der Waals surface area contributed by atoms with Crippen LogP contribution in [0.3, 0.4) is 0 Å². The Bertz CT molecular complexity index is 476. The first-order valence-electron chi connectivity index (χ1n) is 3.81. The molecule has 3 nitrogen and oxygen atoms in total. The van der Waals surface area contributed by atoms with E-state index in [1.54, 1.807) is 10.6 Å². The number of imidazole rings is 1. The van der Waals surface area contributed by atoms with E-state index in [9.17, 15) is 4.79 Å². The predicted molar refractivity (Wildman–Crippen MR) is 53.0 cm³/mol. The van der Waals surface area contributed by atoms with Crippen LogP contribution >= 0.6 is 15.9 Å². The van der Waals surface area contributed by atoms with E-state index in [1.807, 2.05) is 19.2 Å². The van der Waals surface area contributed by atoms with E-state index in [4.69, 9.17) is 0 Å². The number of halogens is 1. The lowest BCUT2D eigenvalue weighted by Crippen LogP contribution is -1.92. The third kappa shape index (κ3) is 1.27. The molecule has 0 fully saturated rings. The normalized spacial score (nSPS) is 10.6. The fourth-order valence-corrected chi connectivity index (χ4v) is 1.93. The molecule has 0 saturated carbocycles. The van der Waals surface area contributed by atoms with Gasteiger partial charge in [0.05, 0.1) is 10.7 Å². The summed E-state index contributed by atoms with van der Waals surface area (Å²) in [5.41, 5.74) is 2.42. The molecule has 0 radical (unpaired) electrons. The molecule has 0 spiro atoms. The smallest absolute Gasteiger partial charge is 0.168 e. The summed E-state index contributed by atoms with van der Waals surface area (Å²) in [7, 11) is 0. The number of pyridine rings is 1. The minimum atomic E-state index is 0.569. The summed E-state index contributed by atoms with van der Waals surface area (Å²) in [6.45, 7) is 1.97. The van der Waals surface area contributed by atoms with Crippen LogP contribution in [0, 0.1) is 6.92 Å². The number of carbonyl (C=O) groups is 1. The van der Waals surface area contributed by atoms with Crippen molar-refractivity contribution >= 4 is 27.9 Å². The number of carbonyl (C=O) groups excluding carboxylic acids is 1. The zero-order valence-corrected chi connectivity index (χ0v) is 8.58. The number of hydrogen-bond acceptors (Lipinski definition) is 2. The topological polar surface area (TPSA) is 34.4 Å². The number of aldehydes is 1. The monoisotopic (exact) mass is 238 g/mol. The Morgan fingerprint density at radius 1 is 1.62 bits per heavy atom. The summed E-state index contributed by atoms with van der Waals surface area (Å²) in [5, 5.41) is 0. The van der Waals surface area contributed by atoms with Crippen molar-refractivity contribution < 1.29 is 4.79 Å². The third-order valence-electron chi connectivity index (χ3n) is 1.85. The van der Waals surface area contributed by atoms with Gasteiger partial charge >= 0.3 is 0 Å². The average molecular weight is 239 g/mol. The lowest BCUT2D eigenvalue weighted by atomic mass is 10.3. The van der Waals surface area contributed by atoms with E-state index in [0.717, 1.165) is 22.0 Å². The van der Waals surface area contributed by atoms with E-state index in [0.29, 0.717) is 5.69 Å². The Hall–Kier alpha value is -1.16. The van der Waals surface area contributed by atoms with Gasteiger partial charge in [0.15, 0.2) is 11.9 Å². The Labute approximate surface area is 83.5 Å². The molecule has 2 heterocycles. The van der Waals surface area contributed by atoms with Crippen LogP contribution in [-0.4, -0.2) is 15.7 Å². The second kappa shape index (κ2) is 2.96.